The van der Waals surface area contributed by atoms with Crippen LogP contribution in [0.15, 0.2) is 27.8 Å². The number of aromatic amines is 3. The lowest BCUT2D eigenvalue weighted by Gasteiger charge is -2.08. The van der Waals surface area contributed by atoms with Gasteiger partial charge in [0.25, 0.3) is 5.56 Å². The van der Waals surface area contributed by atoms with Crippen molar-refractivity contribution in [3.63, 3.8) is 0 Å². The molecule has 3 aromatic rings. The Hall–Kier alpha value is -3.03. The van der Waals surface area contributed by atoms with E-state index in [0.29, 0.717) is 22.9 Å². The molecular formula is C13H12N4O4. The number of nitrogens with one attached hydrogen (secondary N) is 3. The number of imidazole rings is 1. The van der Waals surface area contributed by atoms with Crippen LogP contribution in [0.2, 0.25) is 0 Å². The fourth-order valence-electron chi connectivity index (χ4n) is 2.05. The number of methoxy groups -OCH3 is 2. The summed E-state index contributed by atoms with van der Waals surface area (Å²) in [6, 6.07) is 5.22. The monoisotopic (exact) mass is 288 g/mol. The number of benzene rings is 1. The Morgan fingerprint density at radius 2 is 1.76 bits per heavy atom. The summed E-state index contributed by atoms with van der Waals surface area (Å²) >= 11 is 0. The topological polar surface area (TPSA) is 113 Å². The molecule has 0 spiro atoms. The first-order valence-corrected chi connectivity index (χ1v) is 6.07. The molecule has 0 radical (unpaired) electrons. The predicted molar refractivity (Wildman–Crippen MR) is 75.9 cm³/mol. The molecule has 0 fully saturated rings. The van der Waals surface area contributed by atoms with Gasteiger partial charge in [-0.2, -0.15) is 0 Å². The minimum Gasteiger partial charge on any atom is -0.493 e. The Kier molecular flexibility index (Phi) is 2.98. The van der Waals surface area contributed by atoms with Gasteiger partial charge in [0.05, 0.1) is 14.2 Å². The van der Waals surface area contributed by atoms with E-state index in [1.807, 2.05) is 0 Å². The van der Waals surface area contributed by atoms with Crippen LogP contribution >= 0.6 is 0 Å². The Bertz CT molecular complexity index is 922. The second kappa shape index (κ2) is 4.82. The lowest BCUT2D eigenvalue weighted by molar-refractivity contribution is 0.355. The maximum absolute atomic E-state index is 11.7. The normalized spacial score (nSPS) is 10.8. The van der Waals surface area contributed by atoms with Crippen molar-refractivity contribution in [3.8, 4) is 22.9 Å². The third kappa shape index (κ3) is 2.16. The van der Waals surface area contributed by atoms with Gasteiger partial charge < -0.3 is 14.5 Å². The van der Waals surface area contributed by atoms with E-state index in [1.165, 1.54) is 7.11 Å². The molecule has 2 aromatic heterocycles. The predicted octanol–water partition coefficient (Wildman–Crippen LogP) is 0.624. The number of ether oxygens (including phenoxy) is 2. The largest absolute Gasteiger partial charge is 0.493 e. The van der Waals surface area contributed by atoms with Gasteiger partial charge in [-0.3, -0.25) is 14.8 Å². The number of aromatic nitrogens is 4. The Labute approximate surface area is 117 Å². The zero-order valence-corrected chi connectivity index (χ0v) is 11.3. The Balaban J connectivity index is 2.19. The number of hydrogen-bond donors (Lipinski definition) is 3. The molecule has 0 atom stereocenters. The summed E-state index contributed by atoms with van der Waals surface area (Å²) in [5.74, 6) is 1.57. The van der Waals surface area contributed by atoms with E-state index in [1.54, 1.807) is 25.3 Å². The highest BCUT2D eigenvalue weighted by molar-refractivity contribution is 5.75. The van der Waals surface area contributed by atoms with Crippen molar-refractivity contribution in [2.45, 2.75) is 0 Å². The highest BCUT2D eigenvalue weighted by Crippen LogP contribution is 2.31. The molecule has 0 bridgehead atoms. The van der Waals surface area contributed by atoms with Crippen LogP contribution in [0.1, 0.15) is 0 Å². The van der Waals surface area contributed by atoms with Crippen LogP contribution in [-0.4, -0.2) is 34.2 Å². The molecule has 0 saturated carbocycles. The van der Waals surface area contributed by atoms with Gasteiger partial charge in [0.2, 0.25) is 0 Å². The fourth-order valence-corrected chi connectivity index (χ4v) is 2.05. The highest BCUT2D eigenvalue weighted by atomic mass is 16.5. The molecule has 8 heteroatoms. The molecule has 0 aliphatic rings. The minimum atomic E-state index is -0.599. The minimum absolute atomic E-state index is 0.202. The number of fused-ring (bicyclic) bond motifs is 1. The average Bonchev–Trinajstić information content (AvgIpc) is 2.90. The third-order valence-corrected chi connectivity index (χ3v) is 3.05. The van der Waals surface area contributed by atoms with E-state index in [-0.39, 0.29) is 11.2 Å². The second-order valence-corrected chi connectivity index (χ2v) is 4.29. The molecular weight excluding hydrogens is 276 g/mol. The van der Waals surface area contributed by atoms with E-state index in [0.717, 1.165) is 0 Å². The number of H-pyrrole nitrogens is 3. The van der Waals surface area contributed by atoms with Crippen molar-refractivity contribution in [2.24, 2.45) is 0 Å². The molecule has 0 saturated heterocycles. The van der Waals surface area contributed by atoms with Crippen LogP contribution in [0.25, 0.3) is 22.6 Å². The Morgan fingerprint density at radius 3 is 2.48 bits per heavy atom. The van der Waals surface area contributed by atoms with Crippen molar-refractivity contribution in [1.29, 1.82) is 0 Å². The van der Waals surface area contributed by atoms with Gasteiger partial charge in [-0.15, -0.1) is 0 Å². The van der Waals surface area contributed by atoms with Gasteiger partial charge in [0.1, 0.15) is 11.3 Å². The van der Waals surface area contributed by atoms with E-state index >= 15 is 0 Å². The van der Waals surface area contributed by atoms with Gasteiger partial charge in [-0.1, -0.05) is 0 Å². The van der Waals surface area contributed by atoms with Crippen molar-refractivity contribution in [3.05, 3.63) is 39.0 Å². The van der Waals surface area contributed by atoms with Crippen molar-refractivity contribution in [1.82, 2.24) is 19.9 Å². The summed E-state index contributed by atoms with van der Waals surface area (Å²) in [6.45, 7) is 0. The molecule has 21 heavy (non-hydrogen) atoms. The van der Waals surface area contributed by atoms with Crippen LogP contribution in [0.3, 0.4) is 0 Å². The molecule has 0 aliphatic carbocycles. The van der Waals surface area contributed by atoms with Gasteiger partial charge in [0.15, 0.2) is 17.1 Å². The molecule has 0 amide bonds. The molecule has 0 aliphatic heterocycles. The molecule has 3 rings (SSSR count). The molecule has 8 nitrogen and oxygen atoms in total. The summed E-state index contributed by atoms with van der Waals surface area (Å²) in [5, 5.41) is 0. The lowest BCUT2D eigenvalue weighted by Crippen LogP contribution is -2.21. The Morgan fingerprint density at radius 1 is 1.00 bits per heavy atom. The smallest absolute Gasteiger partial charge is 0.327 e. The molecule has 0 unspecified atom stereocenters. The highest BCUT2D eigenvalue weighted by Gasteiger charge is 2.12. The first kappa shape index (κ1) is 13.0. The molecule has 108 valence electrons. The summed E-state index contributed by atoms with van der Waals surface area (Å²) in [6.07, 6.45) is 0. The molecule has 1 aromatic carbocycles. The average molecular weight is 288 g/mol. The van der Waals surface area contributed by atoms with Crippen LogP contribution in [0, 0.1) is 0 Å². The second-order valence-electron chi connectivity index (χ2n) is 4.29. The van der Waals surface area contributed by atoms with Crippen LogP contribution in [-0.2, 0) is 0 Å². The van der Waals surface area contributed by atoms with Gasteiger partial charge in [-0.25, -0.2) is 9.78 Å². The van der Waals surface area contributed by atoms with Gasteiger partial charge in [-0.05, 0) is 18.2 Å². The van der Waals surface area contributed by atoms with E-state index in [9.17, 15) is 9.59 Å². The molecule has 2 heterocycles. The summed E-state index contributed by atoms with van der Waals surface area (Å²) in [5.41, 5.74) is -0.0112. The maximum Gasteiger partial charge on any atom is 0.327 e. The standard InChI is InChI=1S/C13H12N4O4/c1-20-7-4-3-6(5-8(7)21-2)10-14-9-11(15-10)16-13(19)17-12(9)18/h3-5H,1-2H3,(H3,14,15,16,17,18,19). The van der Waals surface area contributed by atoms with Gasteiger partial charge >= 0.3 is 5.69 Å². The number of hydrogen-bond acceptors (Lipinski definition) is 5. The van der Waals surface area contributed by atoms with E-state index in [2.05, 4.69) is 19.9 Å². The van der Waals surface area contributed by atoms with Crippen molar-refractivity contribution < 1.29 is 9.47 Å². The van der Waals surface area contributed by atoms with Crippen LogP contribution in [0.5, 0.6) is 11.5 Å². The van der Waals surface area contributed by atoms with Crippen molar-refractivity contribution >= 4 is 11.2 Å². The number of nitrogens with zero attached hydrogens (tertiary/aromatic N) is 1. The zero-order chi connectivity index (χ0) is 15.0. The lowest BCUT2D eigenvalue weighted by atomic mass is 10.2. The third-order valence-electron chi connectivity index (χ3n) is 3.05. The van der Waals surface area contributed by atoms with E-state index in [4.69, 9.17) is 9.47 Å². The quantitative estimate of drug-likeness (QED) is 0.654. The van der Waals surface area contributed by atoms with Crippen molar-refractivity contribution in [2.75, 3.05) is 14.2 Å². The fraction of sp³-hybridized carbons (Fsp3) is 0.154. The maximum atomic E-state index is 11.7. The first-order valence-electron chi connectivity index (χ1n) is 6.07. The summed E-state index contributed by atoms with van der Waals surface area (Å²) in [7, 11) is 3.07. The van der Waals surface area contributed by atoms with E-state index < -0.39 is 11.2 Å². The SMILES string of the molecule is COc1ccc(-c2nc3[nH]c(=O)[nH]c(=O)c3[nH]2)cc1OC. The van der Waals surface area contributed by atoms with Crippen LogP contribution < -0.4 is 20.7 Å². The van der Waals surface area contributed by atoms with Crippen LogP contribution in [0.4, 0.5) is 0 Å². The summed E-state index contributed by atoms with van der Waals surface area (Å²) < 4.78 is 10.4. The number of rotatable bonds is 3. The zero-order valence-electron chi connectivity index (χ0n) is 11.3. The molecule has 3 N–H and O–H groups in total. The van der Waals surface area contributed by atoms with Gasteiger partial charge in [0, 0.05) is 5.56 Å². The first-order chi connectivity index (χ1) is 10.1. The summed E-state index contributed by atoms with van der Waals surface area (Å²) in [4.78, 5) is 34.6.